The summed E-state index contributed by atoms with van der Waals surface area (Å²) in [6.45, 7) is -0.0907. The minimum atomic E-state index is -0.287. The molecule has 0 spiro atoms. The maximum absolute atomic E-state index is 12.0. The van der Waals surface area contributed by atoms with Crippen molar-refractivity contribution in [2.45, 2.75) is 18.9 Å². The molecule has 2 rings (SSSR count). The Kier molecular flexibility index (Phi) is 5.98. The van der Waals surface area contributed by atoms with E-state index in [1.165, 1.54) is 0 Å². The van der Waals surface area contributed by atoms with Gasteiger partial charge in [0.2, 0.25) is 5.91 Å². The Balaban J connectivity index is 1.89. The summed E-state index contributed by atoms with van der Waals surface area (Å²) >= 11 is 0. The molecule has 22 heavy (non-hydrogen) atoms. The topological polar surface area (TPSA) is 58.6 Å². The Morgan fingerprint density at radius 3 is 2.36 bits per heavy atom. The summed E-state index contributed by atoms with van der Waals surface area (Å²) in [7, 11) is 1.62. The highest BCUT2D eigenvalue weighted by Crippen LogP contribution is 2.12. The van der Waals surface area contributed by atoms with Crippen molar-refractivity contribution in [2.75, 3.05) is 13.7 Å². The van der Waals surface area contributed by atoms with E-state index >= 15 is 0 Å². The monoisotopic (exact) mass is 299 g/mol. The first kappa shape index (κ1) is 16.0. The van der Waals surface area contributed by atoms with Crippen molar-refractivity contribution in [2.24, 2.45) is 0 Å². The minimum Gasteiger partial charge on any atom is -0.497 e. The number of amides is 1. The number of ether oxygens (including phenoxy) is 1. The molecule has 0 aliphatic rings. The van der Waals surface area contributed by atoms with Gasteiger partial charge in [-0.3, -0.25) is 4.79 Å². The molecule has 0 bridgehead atoms. The molecule has 4 heteroatoms. The highest BCUT2D eigenvalue weighted by atomic mass is 16.5. The number of hydrogen-bond donors (Lipinski definition) is 2. The van der Waals surface area contributed by atoms with E-state index in [0.717, 1.165) is 16.9 Å². The highest BCUT2D eigenvalue weighted by molar-refractivity contribution is 5.78. The molecule has 0 radical (unpaired) electrons. The number of nitrogens with one attached hydrogen (secondary N) is 1. The van der Waals surface area contributed by atoms with Gasteiger partial charge in [-0.15, -0.1) is 0 Å². The largest absolute Gasteiger partial charge is 0.497 e. The third-order valence-electron chi connectivity index (χ3n) is 3.43. The predicted molar refractivity (Wildman–Crippen MR) is 85.9 cm³/mol. The van der Waals surface area contributed by atoms with Crippen LogP contribution in [0.2, 0.25) is 0 Å². The Morgan fingerprint density at radius 1 is 1.09 bits per heavy atom. The van der Waals surface area contributed by atoms with Crippen molar-refractivity contribution in [3.63, 3.8) is 0 Å². The summed E-state index contributed by atoms with van der Waals surface area (Å²) in [5.74, 6) is 0.705. The van der Waals surface area contributed by atoms with Gasteiger partial charge in [0, 0.05) is 0 Å². The Hall–Kier alpha value is -2.33. The molecular weight excluding hydrogens is 278 g/mol. The minimum absolute atomic E-state index is 0.0845. The van der Waals surface area contributed by atoms with Gasteiger partial charge in [-0.2, -0.15) is 0 Å². The lowest BCUT2D eigenvalue weighted by Crippen LogP contribution is -2.39. The maximum atomic E-state index is 12.0. The molecule has 1 amide bonds. The van der Waals surface area contributed by atoms with Crippen LogP contribution in [0.25, 0.3) is 0 Å². The van der Waals surface area contributed by atoms with Crippen molar-refractivity contribution in [1.82, 2.24) is 5.32 Å². The van der Waals surface area contributed by atoms with Gasteiger partial charge in [0.05, 0.1) is 26.2 Å². The number of carbonyl (C=O) groups excluding carboxylic acids is 1. The smallest absolute Gasteiger partial charge is 0.224 e. The summed E-state index contributed by atoms with van der Waals surface area (Å²) in [6, 6.07) is 16.9. The number of rotatable bonds is 7. The molecule has 0 fully saturated rings. The molecule has 1 atom stereocenters. The molecule has 0 aliphatic carbocycles. The van der Waals surface area contributed by atoms with E-state index < -0.39 is 0 Å². The standard InChI is InChI=1S/C18H21NO3/c1-22-17-9-7-15(8-10-17)11-16(13-20)19-18(21)12-14-5-3-2-4-6-14/h2-10,16,20H,11-13H2,1H3,(H,19,21)/t16-/m0/s1. The predicted octanol–water partition coefficient (Wildman–Crippen LogP) is 1.96. The third kappa shape index (κ3) is 4.90. The van der Waals surface area contributed by atoms with Crippen LogP contribution in [-0.2, 0) is 17.6 Å². The normalized spacial score (nSPS) is 11.7. The summed E-state index contributed by atoms with van der Waals surface area (Å²) in [4.78, 5) is 12.0. The van der Waals surface area contributed by atoms with Crippen molar-refractivity contribution in [3.8, 4) is 5.75 Å². The summed E-state index contributed by atoms with van der Waals surface area (Å²) in [6.07, 6.45) is 0.904. The van der Waals surface area contributed by atoms with Gasteiger partial charge in [0.15, 0.2) is 0 Å². The SMILES string of the molecule is COc1ccc(C[C@@H](CO)NC(=O)Cc2ccccc2)cc1. The lowest BCUT2D eigenvalue weighted by atomic mass is 10.1. The second-order valence-corrected chi connectivity index (χ2v) is 5.16. The Morgan fingerprint density at radius 2 is 1.77 bits per heavy atom. The molecule has 2 aromatic carbocycles. The van der Waals surface area contributed by atoms with Crippen LogP contribution in [-0.4, -0.2) is 30.8 Å². The number of aliphatic hydroxyl groups excluding tert-OH is 1. The summed E-state index contributed by atoms with van der Waals surface area (Å²) < 4.78 is 5.11. The summed E-state index contributed by atoms with van der Waals surface area (Å²) in [5.41, 5.74) is 2.00. The first-order valence-corrected chi connectivity index (χ1v) is 7.28. The Bertz CT molecular complexity index is 581. The fraction of sp³-hybridized carbons (Fsp3) is 0.278. The van der Waals surface area contributed by atoms with E-state index in [4.69, 9.17) is 4.74 Å². The van der Waals surface area contributed by atoms with Gasteiger partial charge < -0.3 is 15.2 Å². The van der Waals surface area contributed by atoms with Gasteiger partial charge in [0.1, 0.15) is 5.75 Å². The molecule has 0 saturated heterocycles. The molecule has 0 unspecified atom stereocenters. The Labute approximate surface area is 130 Å². The first-order valence-electron chi connectivity index (χ1n) is 7.28. The summed E-state index contributed by atoms with van der Waals surface area (Å²) in [5, 5.41) is 12.3. The van der Waals surface area contributed by atoms with Crippen molar-refractivity contribution in [1.29, 1.82) is 0 Å². The lowest BCUT2D eigenvalue weighted by Gasteiger charge is -2.16. The van der Waals surface area contributed by atoms with Crippen LogP contribution >= 0.6 is 0 Å². The molecule has 0 aromatic heterocycles. The molecule has 2 N–H and O–H groups in total. The fourth-order valence-corrected chi connectivity index (χ4v) is 2.27. The molecule has 4 nitrogen and oxygen atoms in total. The van der Waals surface area contributed by atoms with Crippen molar-refractivity contribution >= 4 is 5.91 Å². The van der Waals surface area contributed by atoms with Crippen LogP contribution < -0.4 is 10.1 Å². The van der Waals surface area contributed by atoms with E-state index in [0.29, 0.717) is 12.8 Å². The second-order valence-electron chi connectivity index (χ2n) is 5.16. The van der Waals surface area contributed by atoms with Gasteiger partial charge >= 0.3 is 0 Å². The van der Waals surface area contributed by atoms with Crippen LogP contribution in [0.15, 0.2) is 54.6 Å². The fourth-order valence-electron chi connectivity index (χ4n) is 2.27. The van der Waals surface area contributed by atoms with E-state index in [9.17, 15) is 9.90 Å². The molecule has 0 heterocycles. The quantitative estimate of drug-likeness (QED) is 0.821. The van der Waals surface area contributed by atoms with Crippen LogP contribution in [0.1, 0.15) is 11.1 Å². The first-order chi connectivity index (χ1) is 10.7. The number of benzene rings is 2. The molecular formula is C18H21NO3. The van der Waals surface area contributed by atoms with Crippen molar-refractivity contribution < 1.29 is 14.6 Å². The second kappa shape index (κ2) is 8.20. The van der Waals surface area contributed by atoms with Crippen molar-refractivity contribution in [3.05, 3.63) is 65.7 Å². The number of carbonyl (C=O) groups is 1. The zero-order chi connectivity index (χ0) is 15.8. The van der Waals surface area contributed by atoms with Gasteiger partial charge in [-0.25, -0.2) is 0 Å². The molecule has 0 aliphatic heterocycles. The van der Waals surface area contributed by atoms with E-state index in [1.807, 2.05) is 54.6 Å². The van der Waals surface area contributed by atoms with Crippen LogP contribution in [0, 0.1) is 0 Å². The third-order valence-corrected chi connectivity index (χ3v) is 3.43. The van der Waals surface area contributed by atoms with Gasteiger partial charge in [0.25, 0.3) is 0 Å². The van der Waals surface area contributed by atoms with E-state index in [2.05, 4.69) is 5.32 Å². The van der Waals surface area contributed by atoms with Gasteiger partial charge in [-0.05, 0) is 29.7 Å². The van der Waals surface area contributed by atoms with Crippen LogP contribution in [0.4, 0.5) is 0 Å². The number of methoxy groups -OCH3 is 1. The molecule has 2 aromatic rings. The highest BCUT2D eigenvalue weighted by Gasteiger charge is 2.12. The number of aliphatic hydroxyl groups is 1. The van der Waals surface area contributed by atoms with Crippen LogP contribution in [0.5, 0.6) is 5.75 Å². The lowest BCUT2D eigenvalue weighted by molar-refractivity contribution is -0.121. The molecule has 0 saturated carbocycles. The molecule has 116 valence electrons. The zero-order valence-corrected chi connectivity index (χ0v) is 12.7. The van der Waals surface area contributed by atoms with Gasteiger partial charge in [-0.1, -0.05) is 42.5 Å². The average molecular weight is 299 g/mol. The van der Waals surface area contributed by atoms with Crippen LogP contribution in [0.3, 0.4) is 0 Å². The van der Waals surface area contributed by atoms with E-state index in [1.54, 1.807) is 7.11 Å². The zero-order valence-electron chi connectivity index (χ0n) is 12.7. The van der Waals surface area contributed by atoms with E-state index in [-0.39, 0.29) is 18.6 Å². The maximum Gasteiger partial charge on any atom is 0.224 e. The average Bonchev–Trinajstić information content (AvgIpc) is 2.55. The number of hydrogen-bond acceptors (Lipinski definition) is 3.